The van der Waals surface area contributed by atoms with Gasteiger partial charge in [-0.2, -0.15) is 4.98 Å². The average Bonchev–Trinajstić information content (AvgIpc) is 3.10. The lowest BCUT2D eigenvalue weighted by atomic mass is 10.2. The van der Waals surface area contributed by atoms with Crippen LogP contribution in [0.1, 0.15) is 41.7 Å². The van der Waals surface area contributed by atoms with Gasteiger partial charge in [-0.25, -0.2) is 0 Å². The van der Waals surface area contributed by atoms with E-state index in [0.717, 1.165) is 31.4 Å². The molecule has 1 fully saturated rings. The molecular formula is C21H28ClN5O4. The number of benzene rings is 1. The zero-order chi connectivity index (χ0) is 22.0. The van der Waals surface area contributed by atoms with Crippen molar-refractivity contribution in [2.75, 3.05) is 37.4 Å². The first-order chi connectivity index (χ1) is 15.0. The molecule has 2 aliphatic heterocycles. The number of carbonyl (C=O) groups is 1. The number of halogens is 1. The van der Waals surface area contributed by atoms with Crippen molar-refractivity contribution in [1.29, 1.82) is 0 Å². The highest BCUT2D eigenvalue weighted by Crippen LogP contribution is 2.31. The van der Waals surface area contributed by atoms with Crippen molar-refractivity contribution in [2.24, 2.45) is 0 Å². The third-order valence-electron chi connectivity index (χ3n) is 5.64. The topological polar surface area (TPSA) is 106 Å². The van der Waals surface area contributed by atoms with Crippen molar-refractivity contribution in [1.82, 2.24) is 14.5 Å². The second kappa shape index (κ2) is 9.44. The lowest BCUT2D eigenvalue weighted by molar-refractivity contribution is -0.163. The molecule has 168 valence electrons. The van der Waals surface area contributed by atoms with Gasteiger partial charge in [-0.15, -0.1) is 0 Å². The van der Waals surface area contributed by atoms with Crippen LogP contribution in [0, 0.1) is 0 Å². The minimum absolute atomic E-state index is 0.175. The number of nitrogens with zero attached hydrogens (tertiary/aromatic N) is 4. The average molecular weight is 450 g/mol. The number of hydrogen-bond donors (Lipinski definition) is 2. The molecule has 1 amide bonds. The van der Waals surface area contributed by atoms with E-state index in [0.29, 0.717) is 42.7 Å². The number of aliphatic hydroxyl groups is 1. The van der Waals surface area contributed by atoms with Gasteiger partial charge in [-0.05, 0) is 43.4 Å². The maximum absolute atomic E-state index is 13.3. The number of anilines is 2. The summed E-state index contributed by atoms with van der Waals surface area (Å²) < 4.78 is 13.0. The number of rotatable bonds is 7. The number of imidazole rings is 1. The number of nitrogen functional groups attached to an aromatic ring is 1. The van der Waals surface area contributed by atoms with Gasteiger partial charge in [-0.1, -0.05) is 23.7 Å². The molecule has 1 aromatic heterocycles. The fraction of sp³-hybridized carbons (Fsp3) is 0.524. The lowest BCUT2D eigenvalue weighted by Gasteiger charge is -2.38. The normalized spacial score (nSPS) is 21.5. The molecule has 1 saturated heterocycles. The molecule has 0 bridgehead atoms. The van der Waals surface area contributed by atoms with Crippen molar-refractivity contribution in [2.45, 2.75) is 44.9 Å². The second-order valence-corrected chi connectivity index (χ2v) is 8.27. The first-order valence-electron chi connectivity index (χ1n) is 10.5. The Morgan fingerprint density at radius 1 is 1.32 bits per heavy atom. The molecule has 2 aromatic rings. The van der Waals surface area contributed by atoms with Gasteiger partial charge in [0.1, 0.15) is 0 Å². The van der Waals surface area contributed by atoms with E-state index in [1.165, 1.54) is 4.90 Å². The molecule has 0 radical (unpaired) electrons. The summed E-state index contributed by atoms with van der Waals surface area (Å²) in [6.07, 6.45) is 2.33. The number of fused-ring (bicyclic) bond motifs is 1. The largest absolute Gasteiger partial charge is 0.369 e. The summed E-state index contributed by atoms with van der Waals surface area (Å²) in [6.45, 7) is 1.88. The van der Waals surface area contributed by atoms with Crippen LogP contribution in [0.2, 0.25) is 5.02 Å². The molecule has 2 aliphatic rings. The number of nitrogens with two attached hydrogens (primary N) is 1. The van der Waals surface area contributed by atoms with Crippen LogP contribution in [-0.2, 0) is 16.0 Å². The zero-order valence-corrected chi connectivity index (χ0v) is 18.3. The predicted molar refractivity (Wildman–Crippen MR) is 117 cm³/mol. The Kier molecular flexibility index (Phi) is 6.66. The van der Waals surface area contributed by atoms with Crippen LogP contribution in [0.5, 0.6) is 0 Å². The molecular weight excluding hydrogens is 422 g/mol. The van der Waals surface area contributed by atoms with E-state index >= 15 is 0 Å². The highest BCUT2D eigenvalue weighted by molar-refractivity contribution is 6.30. The summed E-state index contributed by atoms with van der Waals surface area (Å²) in [5.74, 6) is 0.270. The third-order valence-corrected chi connectivity index (χ3v) is 5.89. The molecule has 4 rings (SSSR count). The van der Waals surface area contributed by atoms with Gasteiger partial charge in [0.05, 0.1) is 13.2 Å². The molecule has 1 aromatic carbocycles. The molecule has 0 saturated carbocycles. The van der Waals surface area contributed by atoms with Crippen LogP contribution in [0.25, 0.3) is 0 Å². The maximum Gasteiger partial charge on any atom is 0.277 e. The number of amides is 1. The smallest absolute Gasteiger partial charge is 0.277 e. The van der Waals surface area contributed by atoms with E-state index in [9.17, 15) is 9.90 Å². The summed E-state index contributed by atoms with van der Waals surface area (Å²) >= 11 is 5.97. The lowest BCUT2D eigenvalue weighted by Crippen LogP contribution is -2.54. The van der Waals surface area contributed by atoms with Gasteiger partial charge < -0.3 is 29.8 Å². The van der Waals surface area contributed by atoms with Gasteiger partial charge in [0.25, 0.3) is 5.91 Å². The second-order valence-electron chi connectivity index (χ2n) is 7.83. The minimum atomic E-state index is -1.12. The van der Waals surface area contributed by atoms with E-state index in [2.05, 4.69) is 4.98 Å². The van der Waals surface area contributed by atoms with Gasteiger partial charge in [0.2, 0.25) is 12.3 Å². The minimum Gasteiger partial charge on any atom is -0.369 e. The summed E-state index contributed by atoms with van der Waals surface area (Å²) in [7, 11) is 1.69. The Morgan fingerprint density at radius 2 is 2.10 bits per heavy atom. The molecule has 0 aliphatic carbocycles. The molecule has 2 unspecified atom stereocenters. The Hall–Kier alpha value is -2.33. The highest BCUT2D eigenvalue weighted by atomic mass is 35.5. The summed E-state index contributed by atoms with van der Waals surface area (Å²) in [5.41, 5.74) is 7.42. The molecule has 31 heavy (non-hydrogen) atoms. The van der Waals surface area contributed by atoms with E-state index in [-0.39, 0.29) is 18.1 Å². The molecule has 10 heteroatoms. The van der Waals surface area contributed by atoms with Crippen molar-refractivity contribution < 1.29 is 19.4 Å². The SMILES string of the molecule is CN1c2nc(N)n(Cc3ccc(Cl)cc3)c2C(=O)N(CCCOC2CCCCO2)C1O. The first-order valence-corrected chi connectivity index (χ1v) is 10.9. The van der Waals surface area contributed by atoms with Crippen molar-refractivity contribution in [3.05, 3.63) is 40.5 Å². The summed E-state index contributed by atoms with van der Waals surface area (Å²) in [6, 6.07) is 7.33. The van der Waals surface area contributed by atoms with Crippen molar-refractivity contribution in [3.63, 3.8) is 0 Å². The fourth-order valence-corrected chi connectivity index (χ4v) is 4.04. The molecule has 3 N–H and O–H groups in total. The van der Waals surface area contributed by atoms with E-state index < -0.39 is 6.35 Å². The number of ether oxygens (including phenoxy) is 2. The van der Waals surface area contributed by atoms with Crippen LogP contribution in [0.3, 0.4) is 0 Å². The quantitative estimate of drug-likeness (QED) is 0.624. The fourth-order valence-electron chi connectivity index (χ4n) is 3.92. The Morgan fingerprint density at radius 3 is 2.81 bits per heavy atom. The molecule has 3 heterocycles. The van der Waals surface area contributed by atoms with E-state index in [1.54, 1.807) is 28.6 Å². The Bertz CT molecular complexity index is 913. The van der Waals surface area contributed by atoms with Crippen molar-refractivity contribution >= 4 is 29.3 Å². The monoisotopic (exact) mass is 449 g/mol. The highest BCUT2D eigenvalue weighted by Gasteiger charge is 2.39. The Balaban J connectivity index is 1.46. The number of carbonyl (C=O) groups excluding carboxylic acids is 1. The zero-order valence-electron chi connectivity index (χ0n) is 17.5. The molecule has 9 nitrogen and oxygen atoms in total. The standard InChI is InChI=1S/C21H28ClN5O4/c1-25-18-17(27(20(23)24-18)13-14-6-8-15(22)9-7-14)19(28)26(21(25)29)10-4-12-31-16-5-2-3-11-30-16/h6-9,16,21,29H,2-5,10-13H2,1H3,(H2,23,24). The van der Waals surface area contributed by atoms with Crippen LogP contribution >= 0.6 is 11.6 Å². The van der Waals surface area contributed by atoms with Gasteiger partial charge in [-0.3, -0.25) is 9.69 Å². The number of aliphatic hydroxyl groups excluding tert-OH is 1. The van der Waals surface area contributed by atoms with Gasteiger partial charge >= 0.3 is 0 Å². The van der Waals surface area contributed by atoms with Crippen LogP contribution in [-0.4, -0.2) is 64.9 Å². The van der Waals surface area contributed by atoms with E-state index in [4.69, 9.17) is 26.8 Å². The summed E-state index contributed by atoms with van der Waals surface area (Å²) in [5, 5.41) is 11.3. The van der Waals surface area contributed by atoms with Crippen LogP contribution < -0.4 is 10.6 Å². The first kappa shape index (κ1) is 21.9. The van der Waals surface area contributed by atoms with Crippen LogP contribution in [0.4, 0.5) is 11.8 Å². The molecule has 0 spiro atoms. The summed E-state index contributed by atoms with van der Waals surface area (Å²) in [4.78, 5) is 20.6. The molecule has 2 atom stereocenters. The van der Waals surface area contributed by atoms with Gasteiger partial charge in [0.15, 0.2) is 17.8 Å². The number of aromatic nitrogens is 2. The third kappa shape index (κ3) is 4.64. The number of hydrogen-bond acceptors (Lipinski definition) is 7. The Labute approximate surface area is 186 Å². The van der Waals surface area contributed by atoms with Gasteiger partial charge in [0, 0.05) is 25.2 Å². The van der Waals surface area contributed by atoms with E-state index in [1.807, 2.05) is 12.1 Å². The van der Waals surface area contributed by atoms with Crippen molar-refractivity contribution in [3.8, 4) is 0 Å². The predicted octanol–water partition coefficient (Wildman–Crippen LogP) is 2.27. The maximum atomic E-state index is 13.3. The van der Waals surface area contributed by atoms with Crippen LogP contribution in [0.15, 0.2) is 24.3 Å².